The second-order valence-corrected chi connectivity index (χ2v) is 4.77. The van der Waals surface area contributed by atoms with E-state index in [2.05, 4.69) is 4.98 Å². The van der Waals surface area contributed by atoms with Gasteiger partial charge < -0.3 is 10.6 Å². The van der Waals surface area contributed by atoms with Gasteiger partial charge in [0, 0.05) is 19.8 Å². The maximum Gasteiger partial charge on any atom is 0.227 e. The van der Waals surface area contributed by atoms with Gasteiger partial charge >= 0.3 is 0 Å². The Hall–Kier alpha value is -2.20. The van der Waals surface area contributed by atoms with Crippen LogP contribution in [0.4, 0.5) is 0 Å². The average Bonchev–Trinajstić information content (AvgIpc) is 2.49. The van der Waals surface area contributed by atoms with Crippen LogP contribution in [0.5, 0.6) is 0 Å². The zero-order valence-electron chi connectivity index (χ0n) is 11.6. The maximum absolute atomic E-state index is 12.1. The number of hydrogen-bond acceptors (Lipinski definition) is 3. The molecule has 0 saturated heterocycles. The summed E-state index contributed by atoms with van der Waals surface area (Å²) in [5.74, 6) is 0.0798. The van der Waals surface area contributed by atoms with Gasteiger partial charge in [-0.25, -0.2) is 0 Å². The second kappa shape index (κ2) is 6.82. The molecule has 2 aromatic rings. The summed E-state index contributed by atoms with van der Waals surface area (Å²) in [5, 5.41) is 0. The molecule has 0 aliphatic carbocycles. The zero-order chi connectivity index (χ0) is 14.4. The van der Waals surface area contributed by atoms with E-state index in [0.717, 1.165) is 16.8 Å². The summed E-state index contributed by atoms with van der Waals surface area (Å²) < 4.78 is 0. The Morgan fingerprint density at radius 1 is 1.15 bits per heavy atom. The molecule has 0 bridgehead atoms. The smallest absolute Gasteiger partial charge is 0.227 e. The summed E-state index contributed by atoms with van der Waals surface area (Å²) in [6.07, 6.45) is 2.13. The lowest BCUT2D eigenvalue weighted by molar-refractivity contribution is -0.129. The van der Waals surface area contributed by atoms with Gasteiger partial charge in [-0.3, -0.25) is 9.78 Å². The Morgan fingerprint density at radius 2 is 1.85 bits per heavy atom. The Morgan fingerprint density at radius 3 is 2.45 bits per heavy atom. The minimum Gasteiger partial charge on any atom is -0.340 e. The fourth-order valence-corrected chi connectivity index (χ4v) is 1.93. The average molecular weight is 269 g/mol. The number of hydrogen-bond donors (Lipinski definition) is 1. The van der Waals surface area contributed by atoms with Crippen LogP contribution < -0.4 is 5.73 Å². The van der Waals surface area contributed by atoms with E-state index in [1.165, 1.54) is 0 Å². The van der Waals surface area contributed by atoms with Crippen LogP contribution in [0, 0.1) is 0 Å². The third-order valence-electron chi connectivity index (χ3n) is 3.17. The molecule has 0 aliphatic rings. The van der Waals surface area contributed by atoms with Gasteiger partial charge in [-0.2, -0.15) is 0 Å². The van der Waals surface area contributed by atoms with E-state index in [-0.39, 0.29) is 5.91 Å². The van der Waals surface area contributed by atoms with Crippen LogP contribution in [0.1, 0.15) is 16.8 Å². The molecule has 20 heavy (non-hydrogen) atoms. The van der Waals surface area contributed by atoms with Crippen molar-refractivity contribution in [1.29, 1.82) is 0 Å². The van der Waals surface area contributed by atoms with Crippen LogP contribution in [0.2, 0.25) is 0 Å². The number of aromatic nitrogens is 1. The van der Waals surface area contributed by atoms with Crippen molar-refractivity contribution in [3.63, 3.8) is 0 Å². The zero-order valence-corrected chi connectivity index (χ0v) is 11.6. The topological polar surface area (TPSA) is 59.2 Å². The predicted molar refractivity (Wildman–Crippen MR) is 78.7 cm³/mol. The second-order valence-electron chi connectivity index (χ2n) is 4.77. The SMILES string of the molecule is CN(Cc1ccccn1)C(=O)Cc1ccc(CN)cc1. The molecule has 4 nitrogen and oxygen atoms in total. The van der Waals surface area contributed by atoms with Crippen LogP contribution in [0.25, 0.3) is 0 Å². The fraction of sp³-hybridized carbons (Fsp3) is 0.250. The molecule has 0 saturated carbocycles. The van der Waals surface area contributed by atoms with Gasteiger partial charge in [0.05, 0.1) is 18.7 Å². The molecule has 1 aromatic heterocycles. The number of pyridine rings is 1. The number of likely N-dealkylation sites (N-methyl/N-ethyl adjacent to an activating group) is 1. The van der Waals surface area contributed by atoms with Crippen molar-refractivity contribution in [2.75, 3.05) is 7.05 Å². The van der Waals surface area contributed by atoms with Crippen molar-refractivity contribution < 1.29 is 4.79 Å². The monoisotopic (exact) mass is 269 g/mol. The molecule has 1 aromatic carbocycles. The number of nitrogens with two attached hydrogens (primary N) is 1. The van der Waals surface area contributed by atoms with Crippen LogP contribution in [-0.2, 0) is 24.3 Å². The number of nitrogens with zero attached hydrogens (tertiary/aromatic N) is 2. The molecule has 1 heterocycles. The molecule has 1 amide bonds. The van der Waals surface area contributed by atoms with E-state index in [9.17, 15) is 4.79 Å². The molecule has 0 spiro atoms. The van der Waals surface area contributed by atoms with Gasteiger partial charge in [0.25, 0.3) is 0 Å². The summed E-state index contributed by atoms with van der Waals surface area (Å²) in [7, 11) is 1.80. The van der Waals surface area contributed by atoms with Crippen molar-refractivity contribution in [3.05, 3.63) is 65.5 Å². The van der Waals surface area contributed by atoms with E-state index in [4.69, 9.17) is 5.73 Å². The molecule has 0 aliphatic heterocycles. The van der Waals surface area contributed by atoms with Crippen LogP contribution in [0.3, 0.4) is 0 Å². The molecule has 2 N–H and O–H groups in total. The molecule has 0 radical (unpaired) electrons. The van der Waals surface area contributed by atoms with Crippen molar-refractivity contribution in [3.8, 4) is 0 Å². The maximum atomic E-state index is 12.1. The number of benzene rings is 1. The number of amides is 1. The Balaban J connectivity index is 1.93. The van der Waals surface area contributed by atoms with Gasteiger partial charge in [0.15, 0.2) is 0 Å². The molecular formula is C16H19N3O. The molecular weight excluding hydrogens is 250 g/mol. The van der Waals surface area contributed by atoms with Gasteiger partial charge in [0.2, 0.25) is 5.91 Å². The lowest BCUT2D eigenvalue weighted by Crippen LogP contribution is -2.28. The van der Waals surface area contributed by atoms with Crippen molar-refractivity contribution in [2.45, 2.75) is 19.5 Å². The van der Waals surface area contributed by atoms with E-state index in [0.29, 0.717) is 19.5 Å². The molecule has 4 heteroatoms. The molecule has 104 valence electrons. The highest BCUT2D eigenvalue weighted by Gasteiger charge is 2.10. The third kappa shape index (κ3) is 3.90. The van der Waals surface area contributed by atoms with Gasteiger partial charge in [0.1, 0.15) is 0 Å². The first-order chi connectivity index (χ1) is 9.69. The Bertz CT molecular complexity index is 552. The van der Waals surface area contributed by atoms with Crippen molar-refractivity contribution >= 4 is 5.91 Å². The lowest BCUT2D eigenvalue weighted by Gasteiger charge is -2.16. The minimum absolute atomic E-state index is 0.0798. The quantitative estimate of drug-likeness (QED) is 0.899. The highest BCUT2D eigenvalue weighted by Crippen LogP contribution is 2.07. The largest absolute Gasteiger partial charge is 0.340 e. The summed E-state index contributed by atoms with van der Waals surface area (Å²) in [6, 6.07) is 13.5. The normalized spacial score (nSPS) is 10.3. The molecule has 0 unspecified atom stereocenters. The first-order valence-electron chi connectivity index (χ1n) is 6.61. The Labute approximate surface area is 119 Å². The standard InChI is InChI=1S/C16H19N3O/c1-19(12-15-4-2-3-9-18-15)16(20)10-13-5-7-14(11-17)8-6-13/h2-9H,10-12,17H2,1H3. The molecule has 0 fully saturated rings. The minimum atomic E-state index is 0.0798. The van der Waals surface area contributed by atoms with E-state index in [1.54, 1.807) is 18.1 Å². The summed E-state index contributed by atoms with van der Waals surface area (Å²) >= 11 is 0. The van der Waals surface area contributed by atoms with Crippen LogP contribution in [0.15, 0.2) is 48.7 Å². The first-order valence-corrected chi connectivity index (χ1v) is 6.61. The number of carbonyl (C=O) groups excluding carboxylic acids is 1. The van der Waals surface area contributed by atoms with Gasteiger partial charge in [-0.15, -0.1) is 0 Å². The van der Waals surface area contributed by atoms with E-state index < -0.39 is 0 Å². The fourth-order valence-electron chi connectivity index (χ4n) is 1.93. The molecule has 0 atom stereocenters. The van der Waals surface area contributed by atoms with Gasteiger partial charge in [-0.05, 0) is 23.3 Å². The van der Waals surface area contributed by atoms with Crippen molar-refractivity contribution in [1.82, 2.24) is 9.88 Å². The summed E-state index contributed by atoms with van der Waals surface area (Å²) in [5.41, 5.74) is 8.52. The van der Waals surface area contributed by atoms with Crippen LogP contribution in [-0.4, -0.2) is 22.8 Å². The Kier molecular flexibility index (Phi) is 4.85. The summed E-state index contributed by atoms with van der Waals surface area (Å²) in [4.78, 5) is 18.1. The third-order valence-corrected chi connectivity index (χ3v) is 3.17. The van der Waals surface area contributed by atoms with Crippen molar-refractivity contribution in [2.24, 2.45) is 5.73 Å². The predicted octanol–water partition coefficient (Wildman–Crippen LogP) is 1.74. The number of rotatable bonds is 5. The molecule has 2 rings (SSSR count). The lowest BCUT2D eigenvalue weighted by atomic mass is 10.1. The first kappa shape index (κ1) is 14.2. The van der Waals surface area contributed by atoms with E-state index >= 15 is 0 Å². The summed E-state index contributed by atoms with van der Waals surface area (Å²) in [6.45, 7) is 1.05. The van der Waals surface area contributed by atoms with E-state index in [1.807, 2.05) is 42.5 Å². The highest BCUT2D eigenvalue weighted by atomic mass is 16.2. The number of carbonyl (C=O) groups is 1. The van der Waals surface area contributed by atoms with Crippen LogP contribution >= 0.6 is 0 Å². The van der Waals surface area contributed by atoms with Gasteiger partial charge in [-0.1, -0.05) is 30.3 Å². The highest BCUT2D eigenvalue weighted by molar-refractivity contribution is 5.78.